The molecule has 0 saturated carbocycles. The summed E-state index contributed by atoms with van der Waals surface area (Å²) in [5.41, 5.74) is 0.977. The minimum Gasteiger partial charge on any atom is -0.495 e. The van der Waals surface area contributed by atoms with E-state index in [1.807, 2.05) is 52.0 Å². The number of epoxide rings is 1. The number of nitrogens with one attached hydrogen (secondary N) is 5. The number of Topliss-reactive ketones (excluding diaryl/α,β-unsaturated/α-hetero) is 2. The van der Waals surface area contributed by atoms with Gasteiger partial charge in [0.2, 0.25) is 29.5 Å². The molecule has 0 spiro atoms. The van der Waals surface area contributed by atoms with Crippen molar-refractivity contribution in [3.63, 3.8) is 0 Å². The Labute approximate surface area is 603 Å². The van der Waals surface area contributed by atoms with E-state index in [1.165, 1.54) is 13.2 Å². The van der Waals surface area contributed by atoms with Crippen LogP contribution in [0.2, 0.25) is 5.02 Å². The molecule has 28 heteroatoms. The van der Waals surface area contributed by atoms with Gasteiger partial charge in [0.15, 0.2) is 11.9 Å². The molecule has 3 heterocycles. The van der Waals surface area contributed by atoms with E-state index in [-0.39, 0.29) is 126 Å². The largest absolute Gasteiger partial charge is 0.495 e. The lowest BCUT2D eigenvalue weighted by Gasteiger charge is -2.29. The van der Waals surface area contributed by atoms with Crippen LogP contribution in [0.25, 0.3) is 0 Å². The van der Waals surface area contributed by atoms with E-state index in [9.17, 15) is 57.5 Å². The molecule has 0 bridgehead atoms. The fourth-order valence-corrected chi connectivity index (χ4v) is 11.5. The molecule has 2 aromatic carbocycles. The molecular weight excluding hydrogens is 1340 g/mol. The molecule has 102 heavy (non-hydrogen) atoms. The van der Waals surface area contributed by atoms with Crippen molar-refractivity contribution in [3.8, 4) is 5.75 Å². The SMILES string of the molecule is CCCNC(=O)CCOCCOCCOCCOCCC(=O)NCCCC[C@H](CC(=O)[C@@H](NC(=O)CCCC(=O)ON1C(=O)CCC1=O)C(C)C)C(=O)CCc1ccc([C@H]2O[C@@H]2[C@@H](C)[C@@H]2C/C=C/C(=O)N[C@H](Cc3ccc(OC)c(Cl)c3)C(=O)NCC(C)(C)C(=O)O[C@@H](CC(C)C)C(=O)O2)cc1. The number of hydrogen-bond donors (Lipinski definition) is 5. The summed E-state index contributed by atoms with van der Waals surface area (Å²) in [5.74, 6) is -7.24. The highest BCUT2D eigenvalue weighted by Gasteiger charge is 2.48. The third kappa shape index (κ3) is 30.7. The molecule has 0 unspecified atom stereocenters. The first-order chi connectivity index (χ1) is 48.7. The topological polar surface area (TPSA) is 355 Å². The molecule has 2 aromatic rings. The number of hydroxylamine groups is 2. The number of benzene rings is 2. The monoisotopic (exact) mass is 1450 g/mol. The summed E-state index contributed by atoms with van der Waals surface area (Å²) in [5, 5.41) is 14.8. The van der Waals surface area contributed by atoms with E-state index in [2.05, 4.69) is 26.6 Å². The van der Waals surface area contributed by atoms with Crippen molar-refractivity contribution < 1.29 is 100 Å². The van der Waals surface area contributed by atoms with Gasteiger partial charge < -0.3 is 69.3 Å². The molecule has 0 radical (unpaired) electrons. The quantitative estimate of drug-likeness (QED) is 0.0197. The number of carbonyl (C=O) groups excluding carboxylic acids is 12. The van der Waals surface area contributed by atoms with Crippen molar-refractivity contribution in [3.05, 3.63) is 76.3 Å². The van der Waals surface area contributed by atoms with Crippen molar-refractivity contribution >= 4 is 82.4 Å². The van der Waals surface area contributed by atoms with E-state index in [0.717, 1.165) is 17.5 Å². The van der Waals surface area contributed by atoms with Crippen LogP contribution >= 0.6 is 11.6 Å². The predicted molar refractivity (Wildman–Crippen MR) is 374 cm³/mol. The smallest absolute Gasteiger partial charge is 0.347 e. The average Bonchev–Trinajstić information content (AvgIpc) is 1.62. The number of amides is 7. The van der Waals surface area contributed by atoms with Gasteiger partial charge >= 0.3 is 17.9 Å². The minimum atomic E-state index is -1.31. The zero-order valence-electron chi connectivity index (χ0n) is 60.7. The second kappa shape index (κ2) is 44.7. The third-order valence-corrected chi connectivity index (χ3v) is 17.7. The number of imide groups is 1. The normalized spacial score (nSPS) is 20.0. The molecule has 3 aliphatic rings. The zero-order chi connectivity index (χ0) is 74.7. The van der Waals surface area contributed by atoms with Crippen LogP contribution in [0.5, 0.6) is 5.75 Å². The number of methoxy groups -OCH3 is 1. The Balaban J connectivity index is 1.17. The van der Waals surface area contributed by atoms with Crippen LogP contribution in [0.15, 0.2) is 54.6 Å². The van der Waals surface area contributed by atoms with Crippen LogP contribution in [-0.4, -0.2) is 186 Å². The lowest BCUT2D eigenvalue weighted by atomic mass is 9.85. The molecule has 5 N–H and O–H groups in total. The maximum Gasteiger partial charge on any atom is 0.347 e. The molecule has 2 saturated heterocycles. The van der Waals surface area contributed by atoms with Crippen molar-refractivity contribution in [1.82, 2.24) is 31.6 Å². The Kier molecular flexibility index (Phi) is 37.3. The highest BCUT2D eigenvalue weighted by atomic mass is 35.5. The van der Waals surface area contributed by atoms with E-state index in [1.54, 1.807) is 52.0 Å². The first kappa shape index (κ1) is 85.0. The van der Waals surface area contributed by atoms with Gasteiger partial charge in [0.1, 0.15) is 29.8 Å². The number of ether oxygens (including phenoxy) is 8. The summed E-state index contributed by atoms with van der Waals surface area (Å²) in [7, 11) is 1.48. The standard InChI is InChI=1S/C74H107ClN6O21/c1-10-32-76-61(84)30-34-95-36-38-97-40-41-98-39-37-96-35-31-62(85)77-33-12-11-15-53(45-57(83)68(48(4)5)80-64(87)18-14-19-67(90)102-81-65(88)28-29-66(81)89)56(82)26-22-50-20-24-52(25-21-50)70-69(101-70)49(6)58-16-13-17-63(86)79-55(44-51-23-27-59(94-9)54(75)43-51)71(91)78-46-74(7,8)73(93)100-60(42-47(2)3)72(92)99-58/h13,17,20-21,23-25,27,43,47-49,53,55,58,60,68-70H,10-12,14-16,18-19,22,26,28-42,44-46H2,1-9H3,(H,76,84)(H,77,85)(H,78,91)(H,79,86)(H,80,87)/b17-13+/t49-,53+,55+,58-,60-,68-,69+,70+/m0/s1. The zero-order valence-corrected chi connectivity index (χ0v) is 61.4. The molecule has 7 amide bonds. The van der Waals surface area contributed by atoms with Gasteiger partial charge in [-0.05, 0) is 99.1 Å². The summed E-state index contributed by atoms with van der Waals surface area (Å²) < 4.78 is 45.6. The molecule has 3 aliphatic heterocycles. The van der Waals surface area contributed by atoms with Crippen LogP contribution in [0, 0.1) is 29.1 Å². The highest BCUT2D eigenvalue weighted by Crippen LogP contribution is 2.45. The van der Waals surface area contributed by atoms with Gasteiger partial charge in [-0.1, -0.05) is 96.0 Å². The van der Waals surface area contributed by atoms with Gasteiger partial charge in [-0.25, -0.2) is 9.59 Å². The van der Waals surface area contributed by atoms with Gasteiger partial charge in [0, 0.05) is 95.7 Å². The van der Waals surface area contributed by atoms with Crippen LogP contribution in [0.1, 0.15) is 174 Å². The Morgan fingerprint density at radius 3 is 1.93 bits per heavy atom. The molecule has 27 nitrogen and oxygen atoms in total. The molecule has 0 aromatic heterocycles. The van der Waals surface area contributed by atoms with Gasteiger partial charge in [0.25, 0.3) is 11.8 Å². The van der Waals surface area contributed by atoms with E-state index < -0.39 is 101 Å². The maximum absolute atomic E-state index is 14.3. The summed E-state index contributed by atoms with van der Waals surface area (Å²) >= 11 is 6.41. The van der Waals surface area contributed by atoms with E-state index in [0.29, 0.717) is 106 Å². The number of nitrogens with zero attached hydrogens (tertiary/aromatic N) is 1. The van der Waals surface area contributed by atoms with Crippen molar-refractivity contribution in [2.45, 2.75) is 201 Å². The molecule has 566 valence electrons. The van der Waals surface area contributed by atoms with E-state index in [4.69, 9.17) is 54.3 Å². The van der Waals surface area contributed by atoms with Gasteiger partial charge in [-0.3, -0.25) is 47.9 Å². The summed E-state index contributed by atoms with van der Waals surface area (Å²) in [6.45, 7) is 17.6. The number of hydrogen-bond acceptors (Lipinski definition) is 21. The maximum atomic E-state index is 14.3. The van der Waals surface area contributed by atoms with Gasteiger partial charge in [0.05, 0.1) is 82.5 Å². The summed E-state index contributed by atoms with van der Waals surface area (Å²) in [6, 6.07) is 10.5. The third-order valence-electron chi connectivity index (χ3n) is 17.4. The fraction of sp³-hybridized carbons (Fsp3) is 0.649. The summed E-state index contributed by atoms with van der Waals surface area (Å²) in [4.78, 5) is 162. The number of cyclic esters (lactones) is 2. The molecule has 8 atom stereocenters. The van der Waals surface area contributed by atoms with Gasteiger partial charge in [-0.15, -0.1) is 5.06 Å². The predicted octanol–water partition coefficient (Wildman–Crippen LogP) is 6.78. The lowest BCUT2D eigenvalue weighted by Crippen LogP contribution is -2.51. The number of unbranched alkanes of at least 4 members (excludes halogenated alkanes) is 1. The van der Waals surface area contributed by atoms with Crippen molar-refractivity contribution in [2.24, 2.45) is 29.1 Å². The number of carbonyl (C=O) groups is 12. The lowest BCUT2D eigenvalue weighted by molar-refractivity contribution is -0.197. The summed E-state index contributed by atoms with van der Waals surface area (Å²) in [6.07, 6.45) is 2.42. The first-order valence-corrected chi connectivity index (χ1v) is 36.1. The number of halogens is 1. The second-order valence-corrected chi connectivity index (χ2v) is 27.7. The molecule has 2 fully saturated rings. The fourth-order valence-electron chi connectivity index (χ4n) is 11.3. The highest BCUT2D eigenvalue weighted by molar-refractivity contribution is 6.32. The molecule has 0 aliphatic carbocycles. The van der Waals surface area contributed by atoms with Crippen LogP contribution in [0.4, 0.5) is 0 Å². The minimum absolute atomic E-state index is 0.0147. The Morgan fingerprint density at radius 2 is 1.33 bits per heavy atom. The first-order valence-electron chi connectivity index (χ1n) is 35.7. The molecule has 5 rings (SSSR count). The number of aryl methyl sites for hydroxylation is 1. The second-order valence-electron chi connectivity index (χ2n) is 27.3. The van der Waals surface area contributed by atoms with Crippen LogP contribution in [0.3, 0.4) is 0 Å². The van der Waals surface area contributed by atoms with Gasteiger partial charge in [-0.2, -0.15) is 0 Å². The van der Waals surface area contributed by atoms with Crippen LogP contribution < -0.4 is 31.3 Å². The Morgan fingerprint density at radius 1 is 0.716 bits per heavy atom. The number of esters is 2. The van der Waals surface area contributed by atoms with Crippen molar-refractivity contribution in [2.75, 3.05) is 79.6 Å². The van der Waals surface area contributed by atoms with E-state index >= 15 is 0 Å². The number of rotatable bonds is 44. The molecular formula is C74H107ClN6O21. The Hall–Kier alpha value is -7.69. The Bertz CT molecular complexity index is 3130. The average molecular weight is 1450 g/mol. The van der Waals surface area contributed by atoms with Crippen molar-refractivity contribution in [1.29, 1.82) is 0 Å². The number of ketones is 2. The van der Waals surface area contributed by atoms with Crippen LogP contribution in [-0.2, 0) is 108 Å².